The van der Waals surface area contributed by atoms with E-state index in [2.05, 4.69) is 34.7 Å². The van der Waals surface area contributed by atoms with Crippen LogP contribution in [-0.2, 0) is 13.0 Å². The standard InChI is InChI=1S/C13H16N2OS/c1-10(7-13-3-2-6-17-13)14-8-11-4-5-12(16)9-15-11/h2-6,9-10,14,16H,7-8H2,1H3. The number of pyridine rings is 1. The van der Waals surface area contributed by atoms with E-state index < -0.39 is 0 Å². The molecule has 2 rings (SSSR count). The summed E-state index contributed by atoms with van der Waals surface area (Å²) >= 11 is 1.79. The monoisotopic (exact) mass is 248 g/mol. The Labute approximate surface area is 105 Å². The van der Waals surface area contributed by atoms with Gasteiger partial charge in [-0.2, -0.15) is 0 Å². The fourth-order valence-corrected chi connectivity index (χ4v) is 2.44. The lowest BCUT2D eigenvalue weighted by Crippen LogP contribution is -2.27. The zero-order valence-electron chi connectivity index (χ0n) is 9.76. The topological polar surface area (TPSA) is 45.1 Å². The Bertz CT molecular complexity index is 439. The first kappa shape index (κ1) is 12.1. The average Bonchev–Trinajstić information content (AvgIpc) is 2.81. The van der Waals surface area contributed by atoms with E-state index in [4.69, 9.17) is 5.11 Å². The number of aromatic hydroxyl groups is 1. The van der Waals surface area contributed by atoms with Crippen molar-refractivity contribution in [2.45, 2.75) is 25.9 Å². The molecule has 0 radical (unpaired) electrons. The lowest BCUT2D eigenvalue weighted by Gasteiger charge is -2.12. The van der Waals surface area contributed by atoms with Gasteiger partial charge in [-0.05, 0) is 36.9 Å². The molecule has 17 heavy (non-hydrogen) atoms. The van der Waals surface area contributed by atoms with Crippen LogP contribution >= 0.6 is 11.3 Å². The Morgan fingerprint density at radius 1 is 1.41 bits per heavy atom. The second-order valence-electron chi connectivity index (χ2n) is 4.07. The first-order chi connectivity index (χ1) is 8.24. The summed E-state index contributed by atoms with van der Waals surface area (Å²) in [5, 5.41) is 14.6. The van der Waals surface area contributed by atoms with E-state index in [1.807, 2.05) is 6.07 Å². The van der Waals surface area contributed by atoms with Crippen LogP contribution in [0, 0.1) is 0 Å². The quantitative estimate of drug-likeness (QED) is 0.855. The first-order valence-corrected chi connectivity index (χ1v) is 6.51. The lowest BCUT2D eigenvalue weighted by molar-refractivity contribution is 0.471. The number of hydrogen-bond acceptors (Lipinski definition) is 4. The largest absolute Gasteiger partial charge is 0.506 e. The summed E-state index contributed by atoms with van der Waals surface area (Å²) in [7, 11) is 0. The number of nitrogens with one attached hydrogen (secondary N) is 1. The Kier molecular flexibility index (Phi) is 4.12. The van der Waals surface area contributed by atoms with Crippen molar-refractivity contribution in [3.8, 4) is 5.75 Å². The van der Waals surface area contributed by atoms with Gasteiger partial charge < -0.3 is 10.4 Å². The molecular weight excluding hydrogens is 232 g/mol. The molecule has 2 N–H and O–H groups in total. The summed E-state index contributed by atoms with van der Waals surface area (Å²) in [6.07, 6.45) is 2.51. The SMILES string of the molecule is CC(Cc1cccs1)NCc1ccc(O)cn1. The molecule has 90 valence electrons. The van der Waals surface area contributed by atoms with Crippen LogP contribution in [0.5, 0.6) is 5.75 Å². The molecule has 1 unspecified atom stereocenters. The van der Waals surface area contributed by atoms with Crippen molar-refractivity contribution in [3.63, 3.8) is 0 Å². The van der Waals surface area contributed by atoms with Gasteiger partial charge >= 0.3 is 0 Å². The second kappa shape index (κ2) is 5.80. The fraction of sp³-hybridized carbons (Fsp3) is 0.308. The molecule has 0 aliphatic heterocycles. The van der Waals surface area contributed by atoms with E-state index in [0.29, 0.717) is 6.04 Å². The molecule has 0 spiro atoms. The van der Waals surface area contributed by atoms with Crippen molar-refractivity contribution in [1.82, 2.24) is 10.3 Å². The minimum absolute atomic E-state index is 0.209. The van der Waals surface area contributed by atoms with Crippen LogP contribution in [0.25, 0.3) is 0 Å². The fourth-order valence-electron chi connectivity index (χ4n) is 1.60. The molecular formula is C13H16N2OS. The van der Waals surface area contributed by atoms with Crippen LogP contribution in [0.4, 0.5) is 0 Å². The van der Waals surface area contributed by atoms with E-state index >= 15 is 0 Å². The number of hydrogen-bond donors (Lipinski definition) is 2. The molecule has 4 heteroatoms. The Hall–Kier alpha value is -1.39. The molecule has 2 aromatic heterocycles. The maximum atomic E-state index is 9.12. The van der Waals surface area contributed by atoms with E-state index in [1.165, 1.54) is 11.1 Å². The van der Waals surface area contributed by atoms with Crippen LogP contribution in [0.1, 0.15) is 17.5 Å². The summed E-state index contributed by atoms with van der Waals surface area (Å²) in [6.45, 7) is 2.90. The number of rotatable bonds is 5. The third-order valence-corrected chi connectivity index (χ3v) is 3.43. The van der Waals surface area contributed by atoms with Crippen LogP contribution in [0.3, 0.4) is 0 Å². The molecule has 0 saturated heterocycles. The summed E-state index contributed by atoms with van der Waals surface area (Å²) in [5.74, 6) is 0.209. The third kappa shape index (κ3) is 3.84. The number of thiophene rings is 1. The van der Waals surface area contributed by atoms with Crippen molar-refractivity contribution >= 4 is 11.3 Å². The molecule has 0 saturated carbocycles. The molecule has 0 fully saturated rings. The van der Waals surface area contributed by atoms with E-state index in [-0.39, 0.29) is 5.75 Å². The van der Waals surface area contributed by atoms with E-state index in [1.54, 1.807) is 17.4 Å². The maximum Gasteiger partial charge on any atom is 0.133 e. The van der Waals surface area contributed by atoms with Crippen LogP contribution in [0.15, 0.2) is 35.8 Å². The van der Waals surface area contributed by atoms with Crippen molar-refractivity contribution in [2.24, 2.45) is 0 Å². The molecule has 0 aliphatic rings. The zero-order valence-corrected chi connectivity index (χ0v) is 10.6. The minimum Gasteiger partial charge on any atom is -0.506 e. The minimum atomic E-state index is 0.209. The highest BCUT2D eigenvalue weighted by atomic mass is 32.1. The van der Waals surface area contributed by atoms with Gasteiger partial charge in [-0.15, -0.1) is 11.3 Å². The molecule has 2 aromatic rings. The molecule has 0 aromatic carbocycles. The van der Waals surface area contributed by atoms with Crippen molar-refractivity contribution in [3.05, 3.63) is 46.4 Å². The predicted molar refractivity (Wildman–Crippen MR) is 70.2 cm³/mol. The highest BCUT2D eigenvalue weighted by Gasteiger charge is 2.04. The smallest absolute Gasteiger partial charge is 0.133 e. The van der Waals surface area contributed by atoms with Gasteiger partial charge in [0.1, 0.15) is 5.75 Å². The van der Waals surface area contributed by atoms with Gasteiger partial charge in [-0.25, -0.2) is 0 Å². The predicted octanol–water partition coefficient (Wildman–Crippen LogP) is 2.57. The van der Waals surface area contributed by atoms with E-state index in [9.17, 15) is 0 Å². The van der Waals surface area contributed by atoms with Crippen molar-refractivity contribution in [2.75, 3.05) is 0 Å². The summed E-state index contributed by atoms with van der Waals surface area (Å²) in [5.41, 5.74) is 0.945. The first-order valence-electron chi connectivity index (χ1n) is 5.63. The van der Waals surface area contributed by atoms with Gasteiger partial charge in [0, 0.05) is 17.5 Å². The third-order valence-electron chi connectivity index (χ3n) is 2.53. The Balaban J connectivity index is 1.79. The molecule has 0 bridgehead atoms. The van der Waals surface area contributed by atoms with Crippen molar-refractivity contribution in [1.29, 1.82) is 0 Å². The summed E-state index contributed by atoms with van der Waals surface area (Å²) < 4.78 is 0. The van der Waals surface area contributed by atoms with Gasteiger partial charge in [0.15, 0.2) is 0 Å². The molecule has 2 heterocycles. The molecule has 3 nitrogen and oxygen atoms in total. The Morgan fingerprint density at radius 2 is 2.29 bits per heavy atom. The molecule has 0 aliphatic carbocycles. The van der Waals surface area contributed by atoms with Crippen LogP contribution in [-0.4, -0.2) is 16.1 Å². The normalized spacial score (nSPS) is 12.5. The maximum absolute atomic E-state index is 9.12. The van der Waals surface area contributed by atoms with Crippen LogP contribution < -0.4 is 5.32 Å². The highest BCUT2D eigenvalue weighted by Crippen LogP contribution is 2.11. The van der Waals surface area contributed by atoms with Gasteiger partial charge in [0.25, 0.3) is 0 Å². The highest BCUT2D eigenvalue weighted by molar-refractivity contribution is 7.09. The second-order valence-corrected chi connectivity index (χ2v) is 5.11. The average molecular weight is 248 g/mol. The zero-order chi connectivity index (χ0) is 12.1. The lowest BCUT2D eigenvalue weighted by atomic mass is 10.2. The van der Waals surface area contributed by atoms with Gasteiger partial charge in [-0.3, -0.25) is 4.98 Å². The summed E-state index contributed by atoms with van der Waals surface area (Å²) in [4.78, 5) is 5.53. The van der Waals surface area contributed by atoms with Gasteiger partial charge in [0.2, 0.25) is 0 Å². The summed E-state index contributed by atoms with van der Waals surface area (Å²) in [6, 6.07) is 8.15. The van der Waals surface area contributed by atoms with Crippen LogP contribution in [0.2, 0.25) is 0 Å². The van der Waals surface area contributed by atoms with Gasteiger partial charge in [0.05, 0.1) is 11.9 Å². The Morgan fingerprint density at radius 3 is 2.94 bits per heavy atom. The number of aromatic nitrogens is 1. The molecule has 1 atom stereocenters. The van der Waals surface area contributed by atoms with Gasteiger partial charge in [-0.1, -0.05) is 6.07 Å². The molecule has 0 amide bonds. The van der Waals surface area contributed by atoms with E-state index in [0.717, 1.165) is 18.7 Å². The van der Waals surface area contributed by atoms with Crippen molar-refractivity contribution < 1.29 is 5.11 Å². The number of nitrogens with zero attached hydrogens (tertiary/aromatic N) is 1.